The summed E-state index contributed by atoms with van der Waals surface area (Å²) in [5.41, 5.74) is 1.58. The van der Waals surface area contributed by atoms with Crippen molar-refractivity contribution in [3.05, 3.63) is 60.0 Å². The number of pyridine rings is 1. The van der Waals surface area contributed by atoms with Gasteiger partial charge in [-0.15, -0.1) is 0 Å². The topological polar surface area (TPSA) is 93.0 Å². The summed E-state index contributed by atoms with van der Waals surface area (Å²) >= 11 is 0. The highest BCUT2D eigenvalue weighted by atomic mass is 16.5. The number of aryl methyl sites for hydroxylation is 1. The average molecular weight is 406 g/mol. The quantitative estimate of drug-likeness (QED) is 0.675. The third-order valence-electron chi connectivity index (χ3n) is 5.26. The predicted octanol–water partition coefficient (Wildman–Crippen LogP) is 2.95. The van der Waals surface area contributed by atoms with E-state index in [1.165, 1.54) is 11.8 Å². The van der Waals surface area contributed by atoms with Crippen LogP contribution in [0.3, 0.4) is 0 Å². The van der Waals surface area contributed by atoms with Gasteiger partial charge in [0.05, 0.1) is 11.4 Å². The SMILES string of the molecule is Cc1cccc2nc(C(=O)O[C@@H](C)C(=O)N3c4ccccc4NC(=O)C3(C)C)cn12. The van der Waals surface area contributed by atoms with Crippen molar-refractivity contribution < 1.29 is 19.1 Å². The maximum absolute atomic E-state index is 13.3. The van der Waals surface area contributed by atoms with Gasteiger partial charge in [0.15, 0.2) is 11.8 Å². The standard InChI is InChI=1S/C22H22N4O4/c1-13-8-7-11-18-23-16(12-25(13)18)20(28)30-14(2)19(27)26-17-10-6-5-9-15(17)24-21(29)22(26,3)4/h5-12,14H,1-4H3,(H,24,29)/t14-/m0/s1. The van der Waals surface area contributed by atoms with Gasteiger partial charge in [-0.25, -0.2) is 9.78 Å². The molecule has 0 radical (unpaired) electrons. The van der Waals surface area contributed by atoms with Gasteiger partial charge >= 0.3 is 5.97 Å². The summed E-state index contributed by atoms with van der Waals surface area (Å²) in [7, 11) is 0. The smallest absolute Gasteiger partial charge is 0.359 e. The Morgan fingerprint density at radius 2 is 1.87 bits per heavy atom. The summed E-state index contributed by atoms with van der Waals surface area (Å²) in [5, 5.41) is 2.81. The monoisotopic (exact) mass is 406 g/mol. The summed E-state index contributed by atoms with van der Waals surface area (Å²) in [6.45, 7) is 6.69. The molecule has 2 aromatic heterocycles. The van der Waals surface area contributed by atoms with Crippen LogP contribution in [0.25, 0.3) is 5.65 Å². The zero-order valence-corrected chi connectivity index (χ0v) is 17.2. The number of hydrogen-bond donors (Lipinski definition) is 1. The number of nitrogens with zero attached hydrogens (tertiary/aromatic N) is 3. The van der Waals surface area contributed by atoms with Crippen LogP contribution in [0.15, 0.2) is 48.7 Å². The van der Waals surface area contributed by atoms with E-state index in [0.717, 1.165) is 5.69 Å². The Kier molecular flexibility index (Phi) is 4.57. The molecule has 1 atom stereocenters. The third-order valence-corrected chi connectivity index (χ3v) is 5.26. The Morgan fingerprint density at radius 1 is 1.13 bits per heavy atom. The molecule has 30 heavy (non-hydrogen) atoms. The number of esters is 1. The highest BCUT2D eigenvalue weighted by Crippen LogP contribution is 2.37. The lowest BCUT2D eigenvalue weighted by Gasteiger charge is -2.42. The molecular weight excluding hydrogens is 384 g/mol. The number of benzene rings is 1. The highest BCUT2D eigenvalue weighted by Gasteiger charge is 2.45. The van der Waals surface area contributed by atoms with Crippen LogP contribution in [-0.2, 0) is 14.3 Å². The number of ether oxygens (including phenoxy) is 1. The molecule has 3 aromatic rings. The van der Waals surface area contributed by atoms with Gasteiger partial charge in [-0.3, -0.25) is 14.5 Å². The highest BCUT2D eigenvalue weighted by molar-refractivity contribution is 6.15. The number of para-hydroxylation sites is 2. The number of rotatable bonds is 3. The van der Waals surface area contributed by atoms with Gasteiger partial charge in [0.2, 0.25) is 5.91 Å². The first-order valence-electron chi connectivity index (χ1n) is 9.60. The van der Waals surface area contributed by atoms with Crippen molar-refractivity contribution in [2.24, 2.45) is 0 Å². The molecule has 0 fully saturated rings. The van der Waals surface area contributed by atoms with Gasteiger partial charge in [-0.05, 0) is 52.0 Å². The lowest BCUT2D eigenvalue weighted by atomic mass is 9.95. The second-order valence-corrected chi connectivity index (χ2v) is 7.77. The molecule has 8 heteroatoms. The van der Waals surface area contributed by atoms with Crippen LogP contribution in [0.5, 0.6) is 0 Å². The molecule has 4 rings (SSSR count). The third kappa shape index (κ3) is 3.10. The zero-order chi connectivity index (χ0) is 21.6. The van der Waals surface area contributed by atoms with Crippen molar-refractivity contribution in [1.29, 1.82) is 0 Å². The Balaban J connectivity index is 1.60. The molecule has 1 N–H and O–H groups in total. The number of carbonyl (C=O) groups is 3. The second kappa shape index (κ2) is 6.98. The van der Waals surface area contributed by atoms with Crippen LogP contribution in [0, 0.1) is 6.92 Å². The Labute approximate surface area is 173 Å². The molecule has 2 amide bonds. The average Bonchev–Trinajstić information content (AvgIpc) is 3.14. The minimum atomic E-state index is -1.15. The number of anilines is 2. The van der Waals surface area contributed by atoms with Crippen molar-refractivity contribution in [3.63, 3.8) is 0 Å². The molecule has 0 bridgehead atoms. The van der Waals surface area contributed by atoms with E-state index in [4.69, 9.17) is 4.74 Å². The molecular formula is C22H22N4O4. The maximum Gasteiger partial charge on any atom is 0.359 e. The number of imidazole rings is 1. The molecule has 1 aliphatic heterocycles. The van der Waals surface area contributed by atoms with Crippen LogP contribution in [0.2, 0.25) is 0 Å². The van der Waals surface area contributed by atoms with E-state index in [0.29, 0.717) is 17.0 Å². The van der Waals surface area contributed by atoms with Gasteiger partial charge < -0.3 is 14.5 Å². The van der Waals surface area contributed by atoms with Crippen LogP contribution >= 0.6 is 0 Å². The number of nitrogens with one attached hydrogen (secondary N) is 1. The molecule has 3 heterocycles. The summed E-state index contributed by atoms with van der Waals surface area (Å²) in [6, 6.07) is 12.5. The van der Waals surface area contributed by atoms with Crippen LogP contribution in [-0.4, -0.2) is 38.8 Å². The summed E-state index contributed by atoms with van der Waals surface area (Å²) < 4.78 is 7.20. The first-order valence-corrected chi connectivity index (χ1v) is 9.60. The van der Waals surface area contributed by atoms with Gasteiger partial charge in [-0.1, -0.05) is 18.2 Å². The van der Waals surface area contributed by atoms with E-state index in [-0.39, 0.29) is 11.6 Å². The van der Waals surface area contributed by atoms with Gasteiger partial charge in [-0.2, -0.15) is 0 Å². The number of hydrogen-bond acceptors (Lipinski definition) is 5. The van der Waals surface area contributed by atoms with Crippen molar-refractivity contribution >= 4 is 34.8 Å². The van der Waals surface area contributed by atoms with Crippen molar-refractivity contribution in [2.75, 3.05) is 10.2 Å². The van der Waals surface area contributed by atoms with Gasteiger partial charge in [0.25, 0.3) is 5.91 Å². The zero-order valence-electron chi connectivity index (χ0n) is 17.2. The molecule has 0 unspecified atom stereocenters. The van der Waals surface area contributed by atoms with Crippen LogP contribution < -0.4 is 10.2 Å². The molecule has 0 spiro atoms. The largest absolute Gasteiger partial charge is 0.448 e. The fraction of sp³-hybridized carbons (Fsp3) is 0.273. The summed E-state index contributed by atoms with van der Waals surface area (Å²) in [6.07, 6.45) is 0.472. The lowest BCUT2D eigenvalue weighted by Crippen LogP contribution is -2.60. The number of fused-ring (bicyclic) bond motifs is 2. The maximum atomic E-state index is 13.3. The number of carbonyl (C=O) groups excluding carboxylic acids is 3. The second-order valence-electron chi connectivity index (χ2n) is 7.77. The van der Waals surface area contributed by atoms with E-state index in [1.54, 1.807) is 54.8 Å². The minimum Gasteiger partial charge on any atom is -0.448 e. The molecule has 1 aromatic carbocycles. The summed E-state index contributed by atoms with van der Waals surface area (Å²) in [5.74, 6) is -1.51. The Bertz CT molecular complexity index is 1180. The lowest BCUT2D eigenvalue weighted by molar-refractivity contribution is -0.131. The van der Waals surface area contributed by atoms with Crippen molar-refractivity contribution in [2.45, 2.75) is 39.3 Å². The van der Waals surface area contributed by atoms with Crippen LogP contribution in [0.4, 0.5) is 11.4 Å². The van der Waals surface area contributed by atoms with Crippen molar-refractivity contribution in [3.8, 4) is 0 Å². The molecule has 1 aliphatic rings. The normalized spacial score (nSPS) is 16.0. The number of amides is 2. The molecule has 0 saturated heterocycles. The van der Waals surface area contributed by atoms with E-state index in [1.807, 2.05) is 19.1 Å². The van der Waals surface area contributed by atoms with Gasteiger partial charge in [0, 0.05) is 11.9 Å². The van der Waals surface area contributed by atoms with Gasteiger partial charge in [0.1, 0.15) is 11.2 Å². The fourth-order valence-corrected chi connectivity index (χ4v) is 3.55. The summed E-state index contributed by atoms with van der Waals surface area (Å²) in [4.78, 5) is 44.1. The Morgan fingerprint density at radius 3 is 2.60 bits per heavy atom. The van der Waals surface area contributed by atoms with E-state index >= 15 is 0 Å². The first kappa shape index (κ1) is 19.6. The van der Waals surface area contributed by atoms with E-state index < -0.39 is 23.5 Å². The Hall–Kier alpha value is -3.68. The molecule has 154 valence electrons. The molecule has 0 aliphatic carbocycles. The van der Waals surface area contributed by atoms with E-state index in [2.05, 4.69) is 10.3 Å². The minimum absolute atomic E-state index is 0.111. The predicted molar refractivity (Wildman–Crippen MR) is 111 cm³/mol. The van der Waals surface area contributed by atoms with E-state index in [9.17, 15) is 14.4 Å². The fourth-order valence-electron chi connectivity index (χ4n) is 3.55. The number of aromatic nitrogens is 2. The van der Waals surface area contributed by atoms with Crippen molar-refractivity contribution in [1.82, 2.24) is 9.38 Å². The first-order chi connectivity index (χ1) is 14.2. The van der Waals surface area contributed by atoms with Crippen LogP contribution in [0.1, 0.15) is 37.0 Å². The molecule has 0 saturated carbocycles. The molecule has 8 nitrogen and oxygen atoms in total.